The summed E-state index contributed by atoms with van der Waals surface area (Å²) in [5.41, 5.74) is 0.353. The summed E-state index contributed by atoms with van der Waals surface area (Å²) in [5, 5.41) is 10.8. The molecule has 3 rings (SSSR count). The highest BCUT2D eigenvalue weighted by atomic mass is 32.2. The highest BCUT2D eigenvalue weighted by Crippen LogP contribution is 2.34. The lowest BCUT2D eigenvalue weighted by molar-refractivity contribution is -0.0235. The van der Waals surface area contributed by atoms with Gasteiger partial charge in [-0.1, -0.05) is 24.3 Å². The van der Waals surface area contributed by atoms with Crippen LogP contribution >= 0.6 is 0 Å². The van der Waals surface area contributed by atoms with Crippen molar-refractivity contribution in [1.29, 1.82) is 0 Å². The second-order valence-corrected chi connectivity index (χ2v) is 8.96. The molecule has 0 saturated carbocycles. The Bertz CT molecular complexity index is 999. The van der Waals surface area contributed by atoms with Gasteiger partial charge < -0.3 is 10.0 Å². The first-order valence-corrected chi connectivity index (χ1v) is 10.8. The number of piperidine rings is 1. The van der Waals surface area contributed by atoms with Gasteiger partial charge in [-0.3, -0.25) is 9.52 Å². The summed E-state index contributed by atoms with van der Waals surface area (Å²) < 4.78 is 39.5. The Morgan fingerprint density at radius 2 is 1.82 bits per heavy atom. The van der Waals surface area contributed by atoms with Gasteiger partial charge in [0.25, 0.3) is 5.91 Å². The van der Waals surface area contributed by atoms with Gasteiger partial charge in [0.2, 0.25) is 10.0 Å². The zero-order valence-corrected chi connectivity index (χ0v) is 16.6. The van der Waals surface area contributed by atoms with Gasteiger partial charge in [-0.2, -0.15) is 0 Å². The molecule has 0 radical (unpaired) electrons. The minimum absolute atomic E-state index is 0.222. The van der Waals surface area contributed by atoms with E-state index in [2.05, 4.69) is 4.72 Å². The third-order valence-corrected chi connectivity index (χ3v) is 5.62. The second kappa shape index (κ2) is 7.52. The number of aliphatic hydroxyl groups is 1. The number of anilines is 1. The molecule has 2 N–H and O–H groups in total. The minimum atomic E-state index is -3.46. The number of sulfonamides is 1. The monoisotopic (exact) mass is 406 g/mol. The number of carbonyl (C=O) groups excluding carboxylic acids is 1. The van der Waals surface area contributed by atoms with E-state index >= 15 is 0 Å². The summed E-state index contributed by atoms with van der Waals surface area (Å²) >= 11 is 0. The first-order chi connectivity index (χ1) is 13.1. The Balaban J connectivity index is 1.75. The average molecular weight is 406 g/mol. The summed E-state index contributed by atoms with van der Waals surface area (Å²) in [4.78, 5) is 14.4. The van der Waals surface area contributed by atoms with E-state index in [9.17, 15) is 22.7 Å². The maximum absolute atomic E-state index is 14.1. The molecule has 1 amide bonds. The largest absolute Gasteiger partial charge is 0.385 e. The van der Waals surface area contributed by atoms with Crippen LogP contribution in [0.15, 0.2) is 42.5 Å². The number of aryl methyl sites for hydroxylation is 1. The van der Waals surface area contributed by atoms with Gasteiger partial charge in [-0.05, 0) is 43.5 Å². The van der Waals surface area contributed by atoms with Gasteiger partial charge in [0.05, 0.1) is 17.5 Å². The summed E-state index contributed by atoms with van der Waals surface area (Å²) in [5.74, 6) is -0.716. The lowest BCUT2D eigenvalue weighted by Gasteiger charge is -2.38. The molecule has 28 heavy (non-hydrogen) atoms. The van der Waals surface area contributed by atoms with Gasteiger partial charge >= 0.3 is 0 Å². The van der Waals surface area contributed by atoms with Gasteiger partial charge in [-0.25, -0.2) is 12.8 Å². The van der Waals surface area contributed by atoms with Gasteiger partial charge in [0.1, 0.15) is 5.82 Å². The van der Waals surface area contributed by atoms with Crippen LogP contribution in [0.2, 0.25) is 0 Å². The predicted octanol–water partition coefficient (Wildman–Crippen LogP) is 2.63. The van der Waals surface area contributed by atoms with Gasteiger partial charge in [0, 0.05) is 24.2 Å². The SMILES string of the molecule is Cc1ccc(C(=O)N2CCC(O)(c3ccccc3F)CC2)cc1NS(C)(=O)=O. The first kappa shape index (κ1) is 20.3. The number of nitrogens with zero attached hydrogens (tertiary/aromatic N) is 1. The van der Waals surface area contributed by atoms with Crippen LogP contribution in [-0.4, -0.2) is 43.7 Å². The molecule has 0 aromatic heterocycles. The molecule has 150 valence electrons. The highest BCUT2D eigenvalue weighted by molar-refractivity contribution is 7.92. The number of rotatable bonds is 4. The molecule has 1 heterocycles. The Kier molecular flexibility index (Phi) is 5.45. The van der Waals surface area contributed by atoms with E-state index in [0.29, 0.717) is 16.8 Å². The Hall–Kier alpha value is -2.45. The molecule has 6 nitrogen and oxygen atoms in total. The van der Waals surface area contributed by atoms with E-state index in [1.807, 2.05) is 0 Å². The molecule has 0 bridgehead atoms. The number of hydrogen-bond acceptors (Lipinski definition) is 4. The van der Waals surface area contributed by atoms with E-state index in [0.717, 1.165) is 6.26 Å². The van der Waals surface area contributed by atoms with Crippen LogP contribution < -0.4 is 4.72 Å². The van der Waals surface area contributed by atoms with Crippen LogP contribution in [0.5, 0.6) is 0 Å². The number of halogens is 1. The standard InChI is InChI=1S/C20H23FN2O4S/c1-14-7-8-15(13-18(14)22-28(2,26)27)19(24)23-11-9-20(25,10-12-23)16-5-3-4-6-17(16)21/h3-8,13,22,25H,9-12H2,1-2H3. The van der Waals surface area contributed by atoms with Gasteiger partial charge in [-0.15, -0.1) is 0 Å². The zero-order valence-electron chi connectivity index (χ0n) is 15.8. The lowest BCUT2D eigenvalue weighted by atomic mass is 9.84. The molecule has 1 saturated heterocycles. The van der Waals surface area contributed by atoms with E-state index in [4.69, 9.17) is 0 Å². The van der Waals surface area contributed by atoms with Crippen molar-refractivity contribution in [2.24, 2.45) is 0 Å². The van der Waals surface area contributed by atoms with Crippen molar-refractivity contribution in [3.05, 3.63) is 65.0 Å². The van der Waals surface area contributed by atoms with E-state index in [1.54, 1.807) is 42.2 Å². The number of hydrogen-bond donors (Lipinski definition) is 2. The smallest absolute Gasteiger partial charge is 0.253 e. The Morgan fingerprint density at radius 3 is 2.43 bits per heavy atom. The number of benzene rings is 2. The molecule has 1 aliphatic heterocycles. The zero-order chi connectivity index (χ0) is 20.5. The minimum Gasteiger partial charge on any atom is -0.385 e. The topological polar surface area (TPSA) is 86.7 Å². The molecule has 1 aliphatic rings. The van der Waals surface area contributed by atoms with E-state index in [1.165, 1.54) is 12.1 Å². The maximum atomic E-state index is 14.1. The third kappa shape index (κ3) is 4.34. The molecule has 0 atom stereocenters. The van der Waals surface area contributed by atoms with Crippen LogP contribution in [-0.2, 0) is 15.6 Å². The molecule has 2 aromatic rings. The van der Waals surface area contributed by atoms with Crippen molar-refractivity contribution in [1.82, 2.24) is 4.90 Å². The molecule has 2 aromatic carbocycles. The predicted molar refractivity (Wildman–Crippen MR) is 105 cm³/mol. The first-order valence-electron chi connectivity index (χ1n) is 8.94. The van der Waals surface area contributed by atoms with Gasteiger partial charge in [0.15, 0.2) is 0 Å². The number of nitrogens with one attached hydrogen (secondary N) is 1. The molecule has 8 heteroatoms. The Labute approximate surface area is 164 Å². The van der Waals surface area contributed by atoms with Crippen molar-refractivity contribution in [2.45, 2.75) is 25.4 Å². The van der Waals surface area contributed by atoms with Crippen LogP contribution in [0, 0.1) is 12.7 Å². The molecule has 0 unspecified atom stereocenters. The molecule has 0 spiro atoms. The second-order valence-electron chi connectivity index (χ2n) is 7.21. The van der Waals surface area contributed by atoms with Crippen molar-refractivity contribution >= 4 is 21.6 Å². The maximum Gasteiger partial charge on any atom is 0.253 e. The fraction of sp³-hybridized carbons (Fsp3) is 0.350. The fourth-order valence-corrected chi connectivity index (χ4v) is 4.05. The van der Waals surface area contributed by atoms with Crippen molar-refractivity contribution in [3.63, 3.8) is 0 Å². The van der Waals surface area contributed by atoms with Crippen molar-refractivity contribution in [2.75, 3.05) is 24.1 Å². The molecule has 1 fully saturated rings. The lowest BCUT2D eigenvalue weighted by Crippen LogP contribution is -2.45. The molecular formula is C20H23FN2O4S. The summed E-state index contributed by atoms with van der Waals surface area (Å²) in [6.45, 7) is 2.29. The summed E-state index contributed by atoms with van der Waals surface area (Å²) in [6, 6.07) is 11.0. The van der Waals surface area contributed by atoms with Crippen LogP contribution in [0.25, 0.3) is 0 Å². The third-order valence-electron chi connectivity index (χ3n) is 5.03. The van der Waals surface area contributed by atoms with E-state index in [-0.39, 0.29) is 37.4 Å². The summed E-state index contributed by atoms with van der Waals surface area (Å²) in [7, 11) is -3.46. The highest BCUT2D eigenvalue weighted by Gasteiger charge is 2.37. The summed E-state index contributed by atoms with van der Waals surface area (Å²) in [6.07, 6.45) is 1.50. The van der Waals surface area contributed by atoms with Crippen LogP contribution in [0.3, 0.4) is 0 Å². The molecular weight excluding hydrogens is 383 g/mol. The number of likely N-dealkylation sites (tertiary alicyclic amines) is 1. The Morgan fingerprint density at radius 1 is 1.18 bits per heavy atom. The van der Waals surface area contributed by atoms with Crippen LogP contribution in [0.1, 0.15) is 34.3 Å². The van der Waals surface area contributed by atoms with Crippen molar-refractivity contribution in [3.8, 4) is 0 Å². The normalized spacial score (nSPS) is 16.6. The average Bonchev–Trinajstić information content (AvgIpc) is 2.63. The molecule has 0 aliphatic carbocycles. The van der Waals surface area contributed by atoms with Crippen LogP contribution in [0.4, 0.5) is 10.1 Å². The van der Waals surface area contributed by atoms with Crippen molar-refractivity contribution < 1.29 is 22.7 Å². The number of carbonyl (C=O) groups is 1. The number of amides is 1. The quantitative estimate of drug-likeness (QED) is 0.817. The fourth-order valence-electron chi connectivity index (χ4n) is 3.43. The van der Waals surface area contributed by atoms with E-state index < -0.39 is 21.4 Å².